The van der Waals surface area contributed by atoms with E-state index in [1.165, 1.54) is 0 Å². The van der Waals surface area contributed by atoms with Gasteiger partial charge >= 0.3 is 5.97 Å². The van der Waals surface area contributed by atoms with Crippen molar-refractivity contribution in [1.29, 1.82) is 0 Å². The smallest absolute Gasteiger partial charge is 0.324 e. The third-order valence-corrected chi connectivity index (χ3v) is 3.98. The topological polar surface area (TPSA) is 49.3 Å². The number of carbonyl (C=O) groups is 1. The summed E-state index contributed by atoms with van der Waals surface area (Å²) in [5.41, 5.74) is -0.870. The summed E-state index contributed by atoms with van der Waals surface area (Å²) in [6.45, 7) is 8.25. The quantitative estimate of drug-likeness (QED) is 0.754. The van der Waals surface area contributed by atoms with Crippen molar-refractivity contribution in [2.24, 2.45) is 5.41 Å². The Kier molecular flexibility index (Phi) is 3.44. The molecule has 15 heavy (non-hydrogen) atoms. The average molecular weight is 213 g/mol. The summed E-state index contributed by atoms with van der Waals surface area (Å²) in [6.07, 6.45) is 3.70. The number of aliphatic carboxylic acids is 1. The lowest BCUT2D eigenvalue weighted by molar-refractivity contribution is -0.149. The van der Waals surface area contributed by atoms with Gasteiger partial charge in [0.2, 0.25) is 0 Å². The molecular formula is C12H23NO2. The van der Waals surface area contributed by atoms with Crippen LogP contribution in [0.15, 0.2) is 0 Å². The number of nitrogens with one attached hydrogen (secondary N) is 1. The molecule has 3 nitrogen and oxygen atoms in total. The molecule has 0 bridgehead atoms. The lowest BCUT2D eigenvalue weighted by Gasteiger charge is -2.40. The fourth-order valence-corrected chi connectivity index (χ4v) is 2.60. The van der Waals surface area contributed by atoms with Gasteiger partial charge in [0.1, 0.15) is 5.54 Å². The van der Waals surface area contributed by atoms with Crippen molar-refractivity contribution in [3.8, 4) is 0 Å². The van der Waals surface area contributed by atoms with Crippen molar-refractivity contribution >= 4 is 5.97 Å². The van der Waals surface area contributed by atoms with E-state index in [1.807, 2.05) is 0 Å². The highest BCUT2D eigenvalue weighted by Crippen LogP contribution is 2.46. The van der Waals surface area contributed by atoms with Crippen LogP contribution in [0.4, 0.5) is 0 Å². The predicted octanol–water partition coefficient (Wildman–Crippen LogP) is 2.41. The van der Waals surface area contributed by atoms with Crippen LogP contribution >= 0.6 is 0 Å². The van der Waals surface area contributed by atoms with Crippen molar-refractivity contribution in [2.45, 2.75) is 65.0 Å². The highest BCUT2D eigenvalue weighted by Gasteiger charge is 2.54. The molecule has 0 aromatic carbocycles. The molecule has 3 heteroatoms. The minimum Gasteiger partial charge on any atom is -0.480 e. The number of carboxylic acid groups (broad SMARTS) is 1. The Balaban J connectivity index is 2.94. The van der Waals surface area contributed by atoms with Gasteiger partial charge in [-0.2, -0.15) is 0 Å². The molecule has 0 aliphatic heterocycles. The summed E-state index contributed by atoms with van der Waals surface area (Å²) < 4.78 is 0. The fourth-order valence-electron chi connectivity index (χ4n) is 2.60. The van der Waals surface area contributed by atoms with Gasteiger partial charge in [-0.25, -0.2) is 0 Å². The Morgan fingerprint density at radius 2 is 2.07 bits per heavy atom. The van der Waals surface area contributed by atoms with Crippen molar-refractivity contribution < 1.29 is 9.90 Å². The summed E-state index contributed by atoms with van der Waals surface area (Å²) in [7, 11) is 0. The van der Waals surface area contributed by atoms with E-state index < -0.39 is 11.5 Å². The van der Waals surface area contributed by atoms with Crippen LogP contribution in [0.2, 0.25) is 0 Å². The summed E-state index contributed by atoms with van der Waals surface area (Å²) in [4.78, 5) is 11.5. The minimum absolute atomic E-state index is 0.151. The van der Waals surface area contributed by atoms with Gasteiger partial charge in [-0.05, 0) is 31.6 Å². The Bertz CT molecular complexity index is 250. The molecule has 0 radical (unpaired) electrons. The molecular weight excluding hydrogens is 190 g/mol. The van der Waals surface area contributed by atoms with Crippen molar-refractivity contribution in [2.75, 3.05) is 0 Å². The maximum Gasteiger partial charge on any atom is 0.324 e. The van der Waals surface area contributed by atoms with E-state index in [9.17, 15) is 9.90 Å². The first-order valence-electron chi connectivity index (χ1n) is 5.87. The monoisotopic (exact) mass is 213 g/mol. The van der Waals surface area contributed by atoms with Gasteiger partial charge in [-0.15, -0.1) is 0 Å². The largest absolute Gasteiger partial charge is 0.480 e. The summed E-state index contributed by atoms with van der Waals surface area (Å²) in [5.74, 6) is -0.690. The lowest BCUT2D eigenvalue weighted by atomic mass is 9.74. The Hall–Kier alpha value is -0.570. The Labute approximate surface area is 92.3 Å². The van der Waals surface area contributed by atoms with Gasteiger partial charge in [0.25, 0.3) is 0 Å². The molecule has 0 spiro atoms. The molecule has 2 unspecified atom stereocenters. The van der Waals surface area contributed by atoms with Crippen LogP contribution in [0.25, 0.3) is 0 Å². The zero-order valence-corrected chi connectivity index (χ0v) is 10.3. The molecule has 0 heterocycles. The Morgan fingerprint density at radius 1 is 1.47 bits per heavy atom. The van der Waals surface area contributed by atoms with E-state index in [2.05, 4.69) is 33.0 Å². The molecule has 0 saturated heterocycles. The molecule has 1 aliphatic rings. The molecule has 1 aliphatic carbocycles. The van der Waals surface area contributed by atoms with E-state index in [-0.39, 0.29) is 11.5 Å². The fraction of sp³-hybridized carbons (Fsp3) is 0.917. The van der Waals surface area contributed by atoms with Gasteiger partial charge in [-0.3, -0.25) is 10.1 Å². The van der Waals surface area contributed by atoms with Crippen LogP contribution < -0.4 is 5.32 Å². The standard InChI is InChI=1S/C12H23NO2/c1-5-9(2)13-12(10(14)15)8-6-7-11(12,3)4/h9,13H,5-8H2,1-4H3,(H,14,15). The van der Waals surface area contributed by atoms with Gasteiger partial charge < -0.3 is 5.11 Å². The first kappa shape index (κ1) is 12.5. The summed E-state index contributed by atoms with van der Waals surface area (Å²) in [6, 6.07) is 0.262. The van der Waals surface area contributed by atoms with Crippen LogP contribution in [-0.4, -0.2) is 22.7 Å². The number of hydrogen-bond acceptors (Lipinski definition) is 2. The maximum atomic E-state index is 11.5. The third kappa shape index (κ3) is 2.03. The van der Waals surface area contributed by atoms with E-state index in [0.29, 0.717) is 0 Å². The number of hydrogen-bond donors (Lipinski definition) is 2. The van der Waals surface area contributed by atoms with Gasteiger partial charge in [0.05, 0.1) is 0 Å². The molecule has 88 valence electrons. The third-order valence-electron chi connectivity index (χ3n) is 3.98. The second-order valence-electron chi connectivity index (χ2n) is 5.40. The normalized spacial score (nSPS) is 31.5. The first-order chi connectivity index (χ1) is 6.85. The van der Waals surface area contributed by atoms with Crippen molar-refractivity contribution in [3.63, 3.8) is 0 Å². The predicted molar refractivity (Wildman–Crippen MR) is 60.9 cm³/mol. The molecule has 2 atom stereocenters. The first-order valence-corrected chi connectivity index (χ1v) is 5.87. The molecule has 0 aromatic heterocycles. The van der Waals surface area contributed by atoms with Gasteiger partial charge in [0.15, 0.2) is 0 Å². The highest BCUT2D eigenvalue weighted by molar-refractivity contribution is 5.80. The second-order valence-corrected chi connectivity index (χ2v) is 5.40. The van der Waals surface area contributed by atoms with Gasteiger partial charge in [-0.1, -0.05) is 27.2 Å². The van der Waals surface area contributed by atoms with E-state index >= 15 is 0 Å². The zero-order valence-electron chi connectivity index (χ0n) is 10.3. The maximum absolute atomic E-state index is 11.5. The van der Waals surface area contributed by atoms with Crippen LogP contribution in [-0.2, 0) is 4.79 Å². The molecule has 1 rings (SSSR count). The SMILES string of the molecule is CCC(C)NC1(C(=O)O)CCCC1(C)C. The number of carboxylic acids is 1. The zero-order chi connectivity index (χ0) is 11.7. The van der Waals surface area contributed by atoms with E-state index in [0.717, 1.165) is 25.7 Å². The average Bonchev–Trinajstić information content (AvgIpc) is 2.43. The lowest BCUT2D eigenvalue weighted by Crippen LogP contribution is -2.61. The molecule has 0 aromatic rings. The van der Waals surface area contributed by atoms with Gasteiger partial charge in [0, 0.05) is 6.04 Å². The minimum atomic E-state index is -0.720. The molecule has 0 amide bonds. The van der Waals surface area contributed by atoms with Crippen molar-refractivity contribution in [3.05, 3.63) is 0 Å². The van der Waals surface area contributed by atoms with Crippen LogP contribution in [0.1, 0.15) is 53.4 Å². The summed E-state index contributed by atoms with van der Waals surface area (Å²) in [5, 5.41) is 12.8. The molecule has 1 saturated carbocycles. The number of rotatable bonds is 4. The van der Waals surface area contributed by atoms with E-state index in [1.54, 1.807) is 0 Å². The Morgan fingerprint density at radius 3 is 2.40 bits per heavy atom. The second kappa shape index (κ2) is 4.12. The molecule has 2 N–H and O–H groups in total. The van der Waals surface area contributed by atoms with Crippen LogP contribution in [0.5, 0.6) is 0 Å². The summed E-state index contributed by atoms with van der Waals surface area (Å²) >= 11 is 0. The van der Waals surface area contributed by atoms with E-state index in [4.69, 9.17) is 0 Å². The highest BCUT2D eigenvalue weighted by atomic mass is 16.4. The molecule has 1 fully saturated rings. The van der Waals surface area contributed by atoms with Crippen LogP contribution in [0.3, 0.4) is 0 Å². The van der Waals surface area contributed by atoms with Crippen molar-refractivity contribution in [1.82, 2.24) is 5.32 Å². The van der Waals surface area contributed by atoms with Crippen LogP contribution in [0, 0.1) is 5.41 Å².